The summed E-state index contributed by atoms with van der Waals surface area (Å²) in [4.78, 5) is 40.2. The molecule has 0 aromatic carbocycles. The number of aromatic nitrogens is 4. The molecule has 124 valence electrons. The molecule has 7 heteroatoms. The van der Waals surface area contributed by atoms with E-state index in [0.29, 0.717) is 17.6 Å². The number of rotatable bonds is 5. The van der Waals surface area contributed by atoms with Gasteiger partial charge in [0, 0.05) is 23.9 Å². The second-order valence-corrected chi connectivity index (χ2v) is 6.63. The first kappa shape index (κ1) is 15.0. The molecule has 0 spiro atoms. The topological polar surface area (TPSA) is 101 Å². The highest BCUT2D eigenvalue weighted by molar-refractivity contribution is 5.92. The minimum absolute atomic E-state index is 0.166. The molecule has 0 radical (unpaired) electrons. The van der Waals surface area contributed by atoms with Crippen LogP contribution in [0.25, 0.3) is 0 Å². The van der Waals surface area contributed by atoms with Crippen molar-refractivity contribution in [2.75, 3.05) is 0 Å². The van der Waals surface area contributed by atoms with Crippen LogP contribution >= 0.6 is 0 Å². The zero-order chi connectivity index (χ0) is 16.7. The third-order valence-corrected chi connectivity index (χ3v) is 4.43. The van der Waals surface area contributed by atoms with Crippen molar-refractivity contribution < 1.29 is 4.79 Å². The number of nitrogens with zero attached hydrogens (tertiary/aromatic N) is 3. The smallest absolute Gasteiger partial charge is 0.270 e. The van der Waals surface area contributed by atoms with Gasteiger partial charge in [-0.3, -0.25) is 9.59 Å². The van der Waals surface area contributed by atoms with E-state index in [4.69, 9.17) is 0 Å². The van der Waals surface area contributed by atoms with Crippen molar-refractivity contribution in [1.29, 1.82) is 0 Å². The fraction of sp³-hybridized carbons (Fsp3) is 0.471. The second kappa shape index (κ2) is 5.81. The third-order valence-electron chi connectivity index (χ3n) is 4.43. The molecule has 1 atom stereocenters. The van der Waals surface area contributed by atoms with Crippen LogP contribution in [0.3, 0.4) is 0 Å². The van der Waals surface area contributed by atoms with Crippen molar-refractivity contribution in [2.24, 2.45) is 5.92 Å². The monoisotopic (exact) mass is 325 g/mol. The van der Waals surface area contributed by atoms with Crippen LogP contribution in [-0.2, 0) is 0 Å². The Morgan fingerprint density at radius 3 is 2.75 bits per heavy atom. The Hall–Kier alpha value is -2.57. The molecule has 2 N–H and O–H groups in total. The Labute approximate surface area is 139 Å². The van der Waals surface area contributed by atoms with Crippen LogP contribution in [0, 0.1) is 12.8 Å². The van der Waals surface area contributed by atoms with Crippen molar-refractivity contribution in [3.8, 4) is 0 Å². The minimum Gasteiger partial charge on any atom is -0.340 e. The molecular formula is C17H19N5O2. The van der Waals surface area contributed by atoms with Gasteiger partial charge in [-0.15, -0.1) is 0 Å². The van der Waals surface area contributed by atoms with Gasteiger partial charge in [0.25, 0.3) is 11.5 Å². The number of H-pyrrole nitrogens is 1. The van der Waals surface area contributed by atoms with E-state index in [-0.39, 0.29) is 29.1 Å². The van der Waals surface area contributed by atoms with Gasteiger partial charge < -0.3 is 10.3 Å². The molecule has 24 heavy (non-hydrogen) atoms. The average molecular weight is 325 g/mol. The Morgan fingerprint density at radius 2 is 2.08 bits per heavy atom. The summed E-state index contributed by atoms with van der Waals surface area (Å²) >= 11 is 0. The molecule has 2 heterocycles. The van der Waals surface area contributed by atoms with E-state index in [1.807, 2.05) is 13.0 Å². The molecule has 2 aromatic heterocycles. The van der Waals surface area contributed by atoms with Crippen LogP contribution in [0.5, 0.6) is 0 Å². The molecule has 0 bridgehead atoms. The van der Waals surface area contributed by atoms with Crippen molar-refractivity contribution in [3.05, 3.63) is 51.7 Å². The maximum Gasteiger partial charge on any atom is 0.270 e. The first-order valence-electron chi connectivity index (χ1n) is 8.32. The number of aryl methyl sites for hydroxylation is 1. The fourth-order valence-electron chi connectivity index (χ4n) is 2.80. The van der Waals surface area contributed by atoms with Crippen molar-refractivity contribution in [3.63, 3.8) is 0 Å². The molecule has 0 saturated heterocycles. The summed E-state index contributed by atoms with van der Waals surface area (Å²) in [5.41, 5.74) is 0.746. The van der Waals surface area contributed by atoms with Gasteiger partial charge in [-0.1, -0.05) is 0 Å². The highest BCUT2D eigenvalue weighted by atomic mass is 16.2. The van der Waals surface area contributed by atoms with Crippen molar-refractivity contribution in [1.82, 2.24) is 25.3 Å². The van der Waals surface area contributed by atoms with Gasteiger partial charge in [0.05, 0.1) is 6.04 Å². The molecule has 2 fully saturated rings. The number of hydrogen-bond donors (Lipinski definition) is 2. The van der Waals surface area contributed by atoms with E-state index in [9.17, 15) is 9.59 Å². The first-order chi connectivity index (χ1) is 11.6. The quantitative estimate of drug-likeness (QED) is 0.870. The van der Waals surface area contributed by atoms with Gasteiger partial charge >= 0.3 is 0 Å². The number of hydrogen-bond acceptors (Lipinski definition) is 5. The molecule has 2 saturated carbocycles. The van der Waals surface area contributed by atoms with E-state index >= 15 is 0 Å². The second-order valence-electron chi connectivity index (χ2n) is 6.63. The lowest BCUT2D eigenvalue weighted by Crippen LogP contribution is -2.33. The minimum atomic E-state index is -0.343. The van der Waals surface area contributed by atoms with Crippen molar-refractivity contribution in [2.45, 2.75) is 44.6 Å². The average Bonchev–Trinajstić information content (AvgIpc) is 3.45. The normalized spacial score (nSPS) is 18.2. The molecule has 7 nitrogen and oxygen atoms in total. The predicted octanol–water partition coefficient (Wildman–Crippen LogP) is 1.63. The summed E-state index contributed by atoms with van der Waals surface area (Å²) in [6, 6.07) is 2.85. The standard InChI is InChI=1S/C17H19N5O2/c1-9-6-7-18-16(19-9)14(10-2-3-10)22-17(24)12-8-13(23)21-15(20-12)11-4-5-11/h6-8,10-11,14H,2-5H2,1H3,(H,22,24)(H,20,21,23). The summed E-state index contributed by atoms with van der Waals surface area (Å²) in [7, 11) is 0. The molecule has 2 aliphatic rings. The van der Waals surface area contributed by atoms with E-state index < -0.39 is 0 Å². The maximum atomic E-state index is 12.6. The predicted molar refractivity (Wildman–Crippen MR) is 86.5 cm³/mol. The van der Waals surface area contributed by atoms with Crippen LogP contribution in [0.1, 0.15) is 65.5 Å². The molecule has 1 unspecified atom stereocenters. The zero-order valence-electron chi connectivity index (χ0n) is 13.5. The summed E-state index contributed by atoms with van der Waals surface area (Å²) in [5, 5.41) is 2.97. The molecule has 4 rings (SSSR count). The van der Waals surface area contributed by atoms with Gasteiger partial charge in [-0.2, -0.15) is 0 Å². The summed E-state index contributed by atoms with van der Waals surface area (Å²) in [6.07, 6.45) is 5.80. The molecule has 0 aliphatic heterocycles. The molecule has 2 aromatic rings. The molecule has 1 amide bonds. The van der Waals surface area contributed by atoms with Crippen LogP contribution in [-0.4, -0.2) is 25.8 Å². The first-order valence-corrected chi connectivity index (χ1v) is 8.32. The van der Waals surface area contributed by atoms with Crippen LogP contribution in [0.15, 0.2) is 23.1 Å². The van der Waals surface area contributed by atoms with Crippen LogP contribution < -0.4 is 10.9 Å². The summed E-state index contributed by atoms with van der Waals surface area (Å²) < 4.78 is 0. The summed E-state index contributed by atoms with van der Waals surface area (Å²) in [5.74, 6) is 1.52. The van der Waals surface area contributed by atoms with E-state index in [1.54, 1.807) is 6.20 Å². The van der Waals surface area contributed by atoms with Gasteiger partial charge in [-0.05, 0) is 44.6 Å². The number of carbonyl (C=O) groups is 1. The SMILES string of the molecule is Cc1ccnc(C(NC(=O)c2cc(=O)[nH]c(C3CC3)n2)C2CC2)n1. The maximum absolute atomic E-state index is 12.6. The largest absolute Gasteiger partial charge is 0.340 e. The van der Waals surface area contributed by atoms with Gasteiger partial charge in [0.15, 0.2) is 5.82 Å². The highest BCUT2D eigenvalue weighted by Gasteiger charge is 2.36. The molecular weight excluding hydrogens is 306 g/mol. The Kier molecular flexibility index (Phi) is 3.63. The van der Waals surface area contributed by atoms with E-state index in [2.05, 4.69) is 25.3 Å². The third kappa shape index (κ3) is 3.20. The fourth-order valence-corrected chi connectivity index (χ4v) is 2.80. The van der Waals surface area contributed by atoms with Crippen molar-refractivity contribution >= 4 is 5.91 Å². The number of nitrogens with one attached hydrogen (secondary N) is 2. The van der Waals surface area contributed by atoms with Gasteiger partial charge in [0.1, 0.15) is 11.5 Å². The Bertz CT molecular complexity index is 839. The lowest BCUT2D eigenvalue weighted by atomic mass is 10.1. The lowest BCUT2D eigenvalue weighted by Gasteiger charge is -2.17. The van der Waals surface area contributed by atoms with E-state index in [1.165, 1.54) is 6.07 Å². The van der Waals surface area contributed by atoms with E-state index in [0.717, 1.165) is 31.4 Å². The highest BCUT2D eigenvalue weighted by Crippen LogP contribution is 2.40. The number of amides is 1. The zero-order valence-corrected chi connectivity index (χ0v) is 13.5. The Balaban J connectivity index is 1.58. The van der Waals surface area contributed by atoms with Gasteiger partial charge in [-0.25, -0.2) is 15.0 Å². The Morgan fingerprint density at radius 1 is 1.29 bits per heavy atom. The number of aromatic amines is 1. The van der Waals surface area contributed by atoms with Crippen LogP contribution in [0.2, 0.25) is 0 Å². The van der Waals surface area contributed by atoms with Crippen LogP contribution in [0.4, 0.5) is 0 Å². The summed E-state index contributed by atoms with van der Waals surface area (Å²) in [6.45, 7) is 1.90. The van der Waals surface area contributed by atoms with Gasteiger partial charge in [0.2, 0.25) is 0 Å². The lowest BCUT2D eigenvalue weighted by molar-refractivity contribution is 0.0923. The number of carbonyl (C=O) groups excluding carboxylic acids is 1. The molecule has 2 aliphatic carbocycles.